The van der Waals surface area contributed by atoms with Crippen LogP contribution in [0.15, 0.2) is 40.3 Å². The van der Waals surface area contributed by atoms with Crippen LogP contribution in [-0.2, 0) is 12.2 Å². The maximum Gasteiger partial charge on any atom is 0.275 e. The molecule has 0 spiro atoms. The Morgan fingerprint density at radius 1 is 1.40 bits per heavy atom. The van der Waals surface area contributed by atoms with Gasteiger partial charge >= 0.3 is 0 Å². The lowest BCUT2D eigenvalue weighted by atomic mass is 10.4. The molecule has 3 aromatic rings. The van der Waals surface area contributed by atoms with Crippen molar-refractivity contribution in [3.63, 3.8) is 0 Å². The Balaban J connectivity index is 1.87. The topological polar surface area (TPSA) is 60.2 Å². The fourth-order valence-electron chi connectivity index (χ4n) is 1.69. The average molecular weight is 304 g/mol. The Hall–Kier alpha value is -1.73. The first kappa shape index (κ1) is 13.3. The molecule has 0 N–H and O–H groups in total. The van der Waals surface area contributed by atoms with E-state index in [1.807, 2.05) is 25.1 Å². The predicted octanol–water partition coefficient (Wildman–Crippen LogP) is 2.40. The Kier molecular flexibility index (Phi) is 3.79. The molecule has 0 bridgehead atoms. The Labute approximate surface area is 123 Å². The molecule has 0 aliphatic carbocycles. The quantitative estimate of drug-likeness (QED) is 0.693. The highest BCUT2D eigenvalue weighted by molar-refractivity contribution is 7.98. The van der Waals surface area contributed by atoms with Crippen molar-refractivity contribution < 1.29 is 0 Å². The van der Waals surface area contributed by atoms with Crippen molar-refractivity contribution in [3.05, 3.63) is 51.5 Å². The van der Waals surface area contributed by atoms with E-state index in [4.69, 9.17) is 0 Å². The van der Waals surface area contributed by atoms with E-state index in [2.05, 4.69) is 15.1 Å². The van der Waals surface area contributed by atoms with Gasteiger partial charge < -0.3 is 0 Å². The molecule has 0 saturated carbocycles. The zero-order valence-corrected chi connectivity index (χ0v) is 12.4. The third-order valence-electron chi connectivity index (χ3n) is 2.65. The van der Waals surface area contributed by atoms with Crippen molar-refractivity contribution in [2.45, 2.75) is 24.1 Å². The first-order valence-electron chi connectivity index (χ1n) is 6.19. The van der Waals surface area contributed by atoms with E-state index in [0.29, 0.717) is 10.7 Å². The van der Waals surface area contributed by atoms with Gasteiger partial charge in [0.2, 0.25) is 4.96 Å². The van der Waals surface area contributed by atoms with Gasteiger partial charge in [-0.1, -0.05) is 24.3 Å². The summed E-state index contributed by atoms with van der Waals surface area (Å²) in [4.78, 5) is 21.4. The van der Waals surface area contributed by atoms with Gasteiger partial charge in [-0.25, -0.2) is 9.97 Å². The SMILES string of the molecule is CCc1nn2c(=O)cc(CSc3ccccn3)nc2s1. The molecular weight excluding hydrogens is 292 g/mol. The van der Waals surface area contributed by atoms with Crippen LogP contribution in [0.2, 0.25) is 0 Å². The van der Waals surface area contributed by atoms with Crippen LogP contribution < -0.4 is 5.56 Å². The molecule has 3 aromatic heterocycles. The highest BCUT2D eigenvalue weighted by atomic mass is 32.2. The second-order valence-corrected chi connectivity index (χ2v) is 6.12. The van der Waals surface area contributed by atoms with Crippen LogP contribution in [0.25, 0.3) is 4.96 Å². The van der Waals surface area contributed by atoms with Gasteiger partial charge in [-0.3, -0.25) is 4.79 Å². The van der Waals surface area contributed by atoms with Gasteiger partial charge in [0, 0.05) is 18.0 Å². The summed E-state index contributed by atoms with van der Waals surface area (Å²) in [5, 5.41) is 6.08. The van der Waals surface area contributed by atoms with Crippen LogP contribution in [0, 0.1) is 0 Å². The highest BCUT2D eigenvalue weighted by Gasteiger charge is 2.08. The molecule has 0 fully saturated rings. The van der Waals surface area contributed by atoms with Crippen molar-refractivity contribution in [3.8, 4) is 0 Å². The molecule has 20 heavy (non-hydrogen) atoms. The number of hydrogen-bond donors (Lipinski definition) is 0. The van der Waals surface area contributed by atoms with Gasteiger partial charge in [-0.2, -0.15) is 9.61 Å². The highest BCUT2D eigenvalue weighted by Crippen LogP contribution is 2.19. The van der Waals surface area contributed by atoms with Crippen molar-refractivity contribution in [2.24, 2.45) is 0 Å². The lowest BCUT2D eigenvalue weighted by Gasteiger charge is -2.00. The van der Waals surface area contributed by atoms with Gasteiger partial charge in [0.1, 0.15) is 5.01 Å². The van der Waals surface area contributed by atoms with Crippen LogP contribution in [0.4, 0.5) is 0 Å². The summed E-state index contributed by atoms with van der Waals surface area (Å²) in [7, 11) is 0. The molecule has 3 heterocycles. The second-order valence-electron chi connectivity index (χ2n) is 4.09. The largest absolute Gasteiger partial charge is 0.275 e. The van der Waals surface area contributed by atoms with E-state index >= 15 is 0 Å². The van der Waals surface area contributed by atoms with E-state index < -0.39 is 0 Å². The summed E-state index contributed by atoms with van der Waals surface area (Å²) < 4.78 is 1.37. The molecule has 0 amide bonds. The van der Waals surface area contributed by atoms with Crippen LogP contribution >= 0.6 is 23.1 Å². The van der Waals surface area contributed by atoms with Gasteiger partial charge in [0.15, 0.2) is 0 Å². The number of fused-ring (bicyclic) bond motifs is 1. The number of rotatable bonds is 4. The minimum atomic E-state index is -0.123. The second kappa shape index (κ2) is 5.72. The zero-order valence-electron chi connectivity index (χ0n) is 10.8. The molecule has 0 unspecified atom stereocenters. The molecule has 0 aromatic carbocycles. The monoisotopic (exact) mass is 304 g/mol. The number of nitrogens with zero attached hydrogens (tertiary/aromatic N) is 4. The third-order valence-corrected chi connectivity index (χ3v) is 4.68. The van der Waals surface area contributed by atoms with E-state index in [1.165, 1.54) is 15.9 Å². The predicted molar refractivity (Wildman–Crippen MR) is 80.3 cm³/mol. The standard InChI is InChI=1S/C13H12N4OS2/c1-2-10-16-17-12(18)7-9(15-13(17)20-10)8-19-11-5-3-4-6-14-11/h3-7H,2,8H2,1H3. The lowest BCUT2D eigenvalue weighted by molar-refractivity contribution is 0.852. The van der Waals surface area contributed by atoms with E-state index in [-0.39, 0.29) is 5.56 Å². The number of hydrogen-bond acceptors (Lipinski definition) is 6. The summed E-state index contributed by atoms with van der Waals surface area (Å²) in [6, 6.07) is 7.31. The maximum absolute atomic E-state index is 12.0. The van der Waals surface area contributed by atoms with Crippen molar-refractivity contribution in [1.29, 1.82) is 0 Å². The number of pyridine rings is 1. The zero-order chi connectivity index (χ0) is 13.9. The molecule has 3 rings (SSSR count). The molecular formula is C13H12N4OS2. The van der Waals surface area contributed by atoms with E-state index in [1.54, 1.807) is 24.0 Å². The fraction of sp³-hybridized carbons (Fsp3) is 0.231. The molecule has 0 saturated heterocycles. The Morgan fingerprint density at radius 2 is 2.30 bits per heavy atom. The molecule has 0 aliphatic heterocycles. The molecule has 5 nitrogen and oxygen atoms in total. The fourth-order valence-corrected chi connectivity index (χ4v) is 3.30. The van der Waals surface area contributed by atoms with E-state index in [9.17, 15) is 4.79 Å². The smallest absolute Gasteiger partial charge is 0.267 e. The Morgan fingerprint density at radius 3 is 3.05 bits per heavy atom. The summed E-state index contributed by atoms with van der Waals surface area (Å²) in [5.41, 5.74) is 0.638. The van der Waals surface area contributed by atoms with Gasteiger partial charge in [0.05, 0.1) is 10.7 Å². The first-order valence-corrected chi connectivity index (χ1v) is 7.99. The minimum Gasteiger partial charge on any atom is -0.267 e. The van der Waals surface area contributed by atoms with Crippen molar-refractivity contribution in [1.82, 2.24) is 19.6 Å². The van der Waals surface area contributed by atoms with Gasteiger partial charge in [-0.05, 0) is 18.6 Å². The molecule has 7 heteroatoms. The Bertz CT molecular complexity index is 782. The third kappa shape index (κ3) is 2.73. The van der Waals surface area contributed by atoms with Crippen LogP contribution in [0.3, 0.4) is 0 Å². The maximum atomic E-state index is 12.0. The molecule has 102 valence electrons. The summed E-state index contributed by atoms with van der Waals surface area (Å²) >= 11 is 3.03. The summed E-state index contributed by atoms with van der Waals surface area (Å²) in [5.74, 6) is 0.627. The minimum absolute atomic E-state index is 0.123. The van der Waals surface area contributed by atoms with Gasteiger partial charge in [0.25, 0.3) is 5.56 Å². The number of aryl methyl sites for hydroxylation is 1. The normalized spacial score (nSPS) is 11.1. The molecule has 0 atom stereocenters. The summed E-state index contributed by atoms with van der Waals surface area (Å²) in [6.07, 6.45) is 2.57. The molecule has 0 radical (unpaired) electrons. The van der Waals surface area contributed by atoms with E-state index in [0.717, 1.165) is 22.1 Å². The van der Waals surface area contributed by atoms with Gasteiger partial charge in [-0.15, -0.1) is 11.8 Å². The van der Waals surface area contributed by atoms with Crippen molar-refractivity contribution >= 4 is 28.1 Å². The van der Waals surface area contributed by atoms with Crippen LogP contribution in [0.1, 0.15) is 17.6 Å². The average Bonchev–Trinajstić information content (AvgIpc) is 2.90. The number of thioether (sulfide) groups is 1. The van der Waals surface area contributed by atoms with Crippen molar-refractivity contribution in [2.75, 3.05) is 0 Å². The van der Waals surface area contributed by atoms with Crippen LogP contribution in [0.5, 0.6) is 0 Å². The van der Waals surface area contributed by atoms with Crippen LogP contribution in [-0.4, -0.2) is 19.6 Å². The molecule has 0 aliphatic rings. The first-order chi connectivity index (χ1) is 9.76. The number of aromatic nitrogens is 4. The lowest BCUT2D eigenvalue weighted by Crippen LogP contribution is -2.15. The summed E-state index contributed by atoms with van der Waals surface area (Å²) in [6.45, 7) is 2.01.